The molecule has 0 saturated carbocycles. The molecule has 0 heterocycles. The first-order chi connectivity index (χ1) is 9.02. The summed E-state index contributed by atoms with van der Waals surface area (Å²) in [7, 11) is 2.07. The van der Waals surface area contributed by atoms with Gasteiger partial charge >= 0.3 is 5.97 Å². The van der Waals surface area contributed by atoms with E-state index in [1.807, 2.05) is 24.1 Å². The molecule has 5 nitrogen and oxygen atoms in total. The van der Waals surface area contributed by atoms with Crippen LogP contribution in [-0.2, 0) is 11.3 Å². The third kappa shape index (κ3) is 4.97. The number of rotatable bonds is 6. The number of nitrogens with one attached hydrogen (secondary N) is 1. The van der Waals surface area contributed by atoms with Gasteiger partial charge in [-0.05, 0) is 31.8 Å². The molecule has 2 N–H and O–H groups in total. The van der Waals surface area contributed by atoms with Crippen molar-refractivity contribution in [1.82, 2.24) is 10.2 Å². The Labute approximate surface area is 108 Å². The van der Waals surface area contributed by atoms with E-state index in [4.69, 9.17) is 6.48 Å². The summed E-state index contributed by atoms with van der Waals surface area (Å²) < 4.78 is 7.19. The summed E-state index contributed by atoms with van der Waals surface area (Å²) in [5.41, 5.74) is 1.53. The Balaban J connectivity index is 2.51. The van der Waals surface area contributed by atoms with Gasteiger partial charge in [-0.3, -0.25) is 9.59 Å². The maximum Gasteiger partial charge on any atom is 0.305 e. The van der Waals surface area contributed by atoms with Gasteiger partial charge < -0.3 is 15.3 Å². The number of aliphatic carboxylic acids is 1. The van der Waals surface area contributed by atoms with E-state index in [-0.39, 0.29) is 25.9 Å². The quantitative estimate of drug-likeness (QED) is 0.790. The molecule has 0 radical (unpaired) electrons. The average molecular weight is 251 g/mol. The fourth-order valence-corrected chi connectivity index (χ4v) is 1.46. The van der Waals surface area contributed by atoms with Gasteiger partial charge in [0.2, 0.25) is 0 Å². The maximum absolute atomic E-state index is 11.7. The molecule has 0 saturated heterocycles. The van der Waals surface area contributed by atoms with Crippen LogP contribution in [0, 0.1) is 0 Å². The summed E-state index contributed by atoms with van der Waals surface area (Å²) in [4.78, 5) is 23.8. The van der Waals surface area contributed by atoms with E-state index in [0.717, 1.165) is 5.56 Å². The van der Waals surface area contributed by atoms with E-state index < -0.39 is 5.97 Å². The lowest BCUT2D eigenvalue weighted by Gasteiger charge is -2.10. The standard InChI is InChI=1S/C13H18N2O3/c1-15(2)9-10-3-5-11(6-4-10)13(18)14-8-7-12(16)17/h3-6H,7-9H2,1-2H3,(H,14,18)(H,16,17)/i1D. The molecule has 0 bridgehead atoms. The molecule has 1 aromatic rings. The summed E-state index contributed by atoms with van der Waals surface area (Å²) in [6.07, 6.45) is -0.0852. The largest absolute Gasteiger partial charge is 0.481 e. The first-order valence-electron chi connectivity index (χ1n) is 6.30. The van der Waals surface area contributed by atoms with Crippen LogP contribution >= 0.6 is 0 Å². The number of carbonyl (C=O) groups is 2. The van der Waals surface area contributed by atoms with Crippen LogP contribution in [0.4, 0.5) is 0 Å². The molecule has 1 amide bonds. The molecule has 1 rings (SSSR count). The minimum Gasteiger partial charge on any atom is -0.481 e. The zero-order valence-corrected chi connectivity index (χ0v) is 10.3. The van der Waals surface area contributed by atoms with Crippen molar-refractivity contribution in [3.8, 4) is 0 Å². The van der Waals surface area contributed by atoms with E-state index in [1.165, 1.54) is 0 Å². The fourth-order valence-electron chi connectivity index (χ4n) is 1.46. The van der Waals surface area contributed by atoms with Crippen LogP contribution < -0.4 is 5.32 Å². The number of carboxylic acid groups (broad SMARTS) is 1. The zero-order valence-electron chi connectivity index (χ0n) is 11.3. The molecule has 98 valence electrons. The van der Waals surface area contributed by atoms with E-state index in [9.17, 15) is 9.59 Å². The highest BCUT2D eigenvalue weighted by atomic mass is 16.4. The van der Waals surface area contributed by atoms with Crippen LogP contribution in [0.1, 0.15) is 23.7 Å². The SMILES string of the molecule is [2H]CN(C)Cc1ccc(C(=O)NCCC(=O)O)cc1. The molecule has 0 unspecified atom stereocenters. The Kier molecular flexibility index (Phi) is 4.72. The highest BCUT2D eigenvalue weighted by Gasteiger charge is 2.06. The van der Waals surface area contributed by atoms with Crippen molar-refractivity contribution in [2.75, 3.05) is 20.6 Å². The van der Waals surface area contributed by atoms with Crippen LogP contribution in [-0.4, -0.2) is 42.5 Å². The van der Waals surface area contributed by atoms with Crippen LogP contribution in [0.15, 0.2) is 24.3 Å². The normalized spacial score (nSPS) is 11.1. The average Bonchev–Trinajstić information content (AvgIpc) is 2.38. The molecule has 0 aliphatic heterocycles. The molecule has 1 aromatic carbocycles. The summed E-state index contributed by atoms with van der Waals surface area (Å²) in [5.74, 6) is -1.21. The maximum atomic E-state index is 11.7. The third-order valence-electron chi connectivity index (χ3n) is 2.29. The van der Waals surface area contributed by atoms with Gasteiger partial charge in [-0.2, -0.15) is 0 Å². The topological polar surface area (TPSA) is 69.6 Å². The second-order valence-corrected chi connectivity index (χ2v) is 4.11. The second kappa shape index (κ2) is 6.76. The first-order valence-corrected chi connectivity index (χ1v) is 5.59. The Morgan fingerprint density at radius 2 is 2.06 bits per heavy atom. The number of hydrogen-bond acceptors (Lipinski definition) is 3. The van der Waals surface area contributed by atoms with Gasteiger partial charge in [0, 0.05) is 20.0 Å². The Morgan fingerprint density at radius 1 is 1.39 bits per heavy atom. The molecule has 5 heteroatoms. The van der Waals surface area contributed by atoms with Crippen LogP contribution in [0.2, 0.25) is 0 Å². The number of benzene rings is 1. The summed E-state index contributed by atoms with van der Waals surface area (Å²) in [6, 6.07) is 7.06. The minimum atomic E-state index is -0.936. The lowest BCUT2D eigenvalue weighted by molar-refractivity contribution is -0.136. The smallest absolute Gasteiger partial charge is 0.305 e. The lowest BCUT2D eigenvalue weighted by Crippen LogP contribution is -2.26. The van der Waals surface area contributed by atoms with Gasteiger partial charge in [-0.15, -0.1) is 0 Å². The Bertz CT molecular complexity index is 434. The monoisotopic (exact) mass is 251 g/mol. The Morgan fingerprint density at radius 3 is 2.61 bits per heavy atom. The zero-order chi connectivity index (χ0) is 14.3. The van der Waals surface area contributed by atoms with Gasteiger partial charge in [0.25, 0.3) is 5.91 Å². The van der Waals surface area contributed by atoms with Crippen molar-refractivity contribution in [2.24, 2.45) is 0 Å². The predicted octanol–water partition coefficient (Wildman–Crippen LogP) is 0.953. The molecule has 0 aromatic heterocycles. The molecular weight excluding hydrogens is 232 g/mol. The summed E-state index contributed by atoms with van der Waals surface area (Å²) in [5, 5.41) is 11.0. The van der Waals surface area contributed by atoms with Crippen molar-refractivity contribution in [3.05, 3.63) is 35.4 Å². The van der Waals surface area contributed by atoms with Crippen molar-refractivity contribution in [1.29, 1.82) is 0 Å². The van der Waals surface area contributed by atoms with Crippen molar-refractivity contribution >= 4 is 11.9 Å². The minimum absolute atomic E-state index is 0.0852. The highest BCUT2D eigenvalue weighted by Crippen LogP contribution is 2.06. The Hall–Kier alpha value is -1.88. The van der Waals surface area contributed by atoms with Crippen LogP contribution in [0.3, 0.4) is 0 Å². The van der Waals surface area contributed by atoms with E-state index >= 15 is 0 Å². The van der Waals surface area contributed by atoms with Crippen LogP contribution in [0.25, 0.3) is 0 Å². The van der Waals surface area contributed by atoms with Crippen LogP contribution in [0.5, 0.6) is 0 Å². The van der Waals surface area contributed by atoms with Gasteiger partial charge in [0.15, 0.2) is 0 Å². The van der Waals surface area contributed by atoms with Crippen molar-refractivity contribution in [3.63, 3.8) is 0 Å². The summed E-state index contributed by atoms with van der Waals surface area (Å²) in [6.45, 7) is 0.780. The number of amides is 1. The number of carboxylic acids is 1. The highest BCUT2D eigenvalue weighted by molar-refractivity contribution is 5.94. The van der Waals surface area contributed by atoms with Gasteiger partial charge in [0.1, 0.15) is 0 Å². The summed E-state index contributed by atoms with van der Waals surface area (Å²) >= 11 is 0. The van der Waals surface area contributed by atoms with E-state index in [1.54, 1.807) is 12.1 Å². The molecule has 0 aliphatic carbocycles. The molecule has 0 atom stereocenters. The van der Waals surface area contributed by atoms with Gasteiger partial charge in [0.05, 0.1) is 6.42 Å². The second-order valence-electron chi connectivity index (χ2n) is 4.11. The fraction of sp³-hybridized carbons (Fsp3) is 0.385. The predicted molar refractivity (Wildman–Crippen MR) is 68.4 cm³/mol. The molecular formula is C13H18N2O3. The van der Waals surface area contributed by atoms with E-state index in [0.29, 0.717) is 12.1 Å². The molecule has 0 fully saturated rings. The number of carbonyl (C=O) groups excluding carboxylic acids is 1. The van der Waals surface area contributed by atoms with Gasteiger partial charge in [-0.1, -0.05) is 12.1 Å². The number of hydrogen-bond donors (Lipinski definition) is 2. The molecule has 0 aliphatic rings. The molecule has 0 spiro atoms. The lowest BCUT2D eigenvalue weighted by atomic mass is 10.1. The first kappa shape index (κ1) is 12.6. The number of nitrogens with zero attached hydrogens (tertiary/aromatic N) is 1. The van der Waals surface area contributed by atoms with Crippen molar-refractivity contribution in [2.45, 2.75) is 13.0 Å². The molecule has 18 heavy (non-hydrogen) atoms. The van der Waals surface area contributed by atoms with Crippen molar-refractivity contribution < 1.29 is 16.1 Å². The van der Waals surface area contributed by atoms with E-state index in [2.05, 4.69) is 5.32 Å². The van der Waals surface area contributed by atoms with Gasteiger partial charge in [-0.25, -0.2) is 0 Å². The third-order valence-corrected chi connectivity index (χ3v) is 2.29.